The standard InChI is InChI=1S/C27H25ClN4O2S2/c1-4-32(3)24(33)18-11-10-17(12-20(18)28)21-13-19-22(36-21)14-27(2,23(19)16-8-6-5-7-9-16)25(34)30-26-31-29-15-35-26/h5-13,15,23H,4,14H2,1-3H3,(H,30,31,34)/t23-,27+/m1/s1. The predicted molar refractivity (Wildman–Crippen MR) is 146 cm³/mol. The molecule has 0 aliphatic heterocycles. The maximum absolute atomic E-state index is 13.5. The predicted octanol–water partition coefficient (Wildman–Crippen LogP) is 6.34. The van der Waals surface area contributed by atoms with Crippen molar-refractivity contribution in [2.45, 2.75) is 26.2 Å². The molecule has 0 bridgehead atoms. The largest absolute Gasteiger partial charge is 0.342 e. The van der Waals surface area contributed by atoms with Crippen molar-refractivity contribution in [1.29, 1.82) is 0 Å². The average Bonchev–Trinajstić information content (AvgIpc) is 3.59. The van der Waals surface area contributed by atoms with E-state index in [2.05, 4.69) is 33.7 Å². The van der Waals surface area contributed by atoms with Gasteiger partial charge in [-0.25, -0.2) is 0 Å². The number of benzene rings is 2. The molecule has 36 heavy (non-hydrogen) atoms. The molecular weight excluding hydrogens is 512 g/mol. The van der Waals surface area contributed by atoms with Crippen LogP contribution < -0.4 is 5.32 Å². The molecule has 0 unspecified atom stereocenters. The Labute approximate surface area is 223 Å². The number of nitrogens with one attached hydrogen (secondary N) is 1. The lowest BCUT2D eigenvalue weighted by Crippen LogP contribution is -2.37. The van der Waals surface area contributed by atoms with Crippen molar-refractivity contribution in [3.8, 4) is 10.4 Å². The summed E-state index contributed by atoms with van der Waals surface area (Å²) in [6, 6.07) is 17.9. The van der Waals surface area contributed by atoms with Gasteiger partial charge in [0, 0.05) is 29.3 Å². The monoisotopic (exact) mass is 536 g/mol. The Morgan fingerprint density at radius 3 is 2.64 bits per heavy atom. The first kappa shape index (κ1) is 24.6. The van der Waals surface area contributed by atoms with Crippen LogP contribution in [0.3, 0.4) is 0 Å². The van der Waals surface area contributed by atoms with Gasteiger partial charge < -0.3 is 10.2 Å². The number of fused-ring (bicyclic) bond motifs is 1. The second-order valence-corrected chi connectivity index (χ2v) is 11.5. The van der Waals surface area contributed by atoms with Crippen LogP contribution in [0.15, 0.2) is 60.1 Å². The summed E-state index contributed by atoms with van der Waals surface area (Å²) >= 11 is 9.53. The fourth-order valence-corrected chi connectivity index (χ4v) is 6.87. The fraction of sp³-hybridized carbons (Fsp3) is 0.259. The molecule has 2 amide bonds. The van der Waals surface area contributed by atoms with E-state index in [1.54, 1.807) is 34.9 Å². The first-order valence-corrected chi connectivity index (χ1v) is 13.7. The number of carbonyl (C=O) groups excluding carboxylic acids is 2. The van der Waals surface area contributed by atoms with Crippen molar-refractivity contribution >= 4 is 51.2 Å². The molecular formula is C27H25ClN4O2S2. The van der Waals surface area contributed by atoms with Gasteiger partial charge in [-0.3, -0.25) is 9.59 Å². The lowest BCUT2D eigenvalue weighted by Gasteiger charge is -2.31. The van der Waals surface area contributed by atoms with Gasteiger partial charge in [0.15, 0.2) is 0 Å². The number of rotatable bonds is 6. The molecule has 1 aliphatic rings. The fourth-order valence-electron chi connectivity index (χ4n) is 4.81. The molecule has 2 heterocycles. The Balaban J connectivity index is 1.51. The number of aromatic nitrogens is 2. The summed E-state index contributed by atoms with van der Waals surface area (Å²) in [7, 11) is 1.76. The Morgan fingerprint density at radius 2 is 1.97 bits per heavy atom. The van der Waals surface area contributed by atoms with Crippen LogP contribution in [-0.4, -0.2) is 40.5 Å². The van der Waals surface area contributed by atoms with Gasteiger partial charge in [-0.1, -0.05) is 59.3 Å². The van der Waals surface area contributed by atoms with Crippen LogP contribution >= 0.6 is 34.3 Å². The number of carbonyl (C=O) groups is 2. The molecule has 0 saturated heterocycles. The van der Waals surface area contributed by atoms with E-state index in [-0.39, 0.29) is 17.7 Å². The summed E-state index contributed by atoms with van der Waals surface area (Å²) in [4.78, 5) is 30.0. The molecule has 184 valence electrons. The van der Waals surface area contributed by atoms with Gasteiger partial charge in [0.05, 0.1) is 16.0 Å². The van der Waals surface area contributed by atoms with E-state index in [1.165, 1.54) is 16.2 Å². The maximum Gasteiger partial charge on any atom is 0.255 e. The lowest BCUT2D eigenvalue weighted by atomic mass is 9.73. The van der Waals surface area contributed by atoms with E-state index in [9.17, 15) is 9.59 Å². The quantitative estimate of drug-likeness (QED) is 0.312. The van der Waals surface area contributed by atoms with Gasteiger partial charge in [0.1, 0.15) is 5.51 Å². The molecule has 6 nitrogen and oxygen atoms in total. The van der Waals surface area contributed by atoms with Crippen LogP contribution in [0, 0.1) is 5.41 Å². The van der Waals surface area contributed by atoms with Gasteiger partial charge in [-0.15, -0.1) is 21.5 Å². The first-order valence-electron chi connectivity index (χ1n) is 11.6. The molecule has 9 heteroatoms. The average molecular weight is 537 g/mol. The van der Waals surface area contributed by atoms with Crippen LogP contribution in [-0.2, 0) is 11.2 Å². The van der Waals surface area contributed by atoms with Gasteiger partial charge in [0.25, 0.3) is 5.91 Å². The van der Waals surface area contributed by atoms with Gasteiger partial charge >= 0.3 is 0 Å². The molecule has 2 atom stereocenters. The second kappa shape index (κ2) is 9.76. The summed E-state index contributed by atoms with van der Waals surface area (Å²) < 4.78 is 0. The number of hydrogen-bond acceptors (Lipinski definition) is 6. The molecule has 0 fully saturated rings. The maximum atomic E-state index is 13.5. The summed E-state index contributed by atoms with van der Waals surface area (Å²) in [5.74, 6) is -0.269. The number of amides is 2. The third kappa shape index (κ3) is 4.34. The zero-order valence-corrected chi connectivity index (χ0v) is 22.5. The molecule has 0 saturated carbocycles. The topological polar surface area (TPSA) is 75.2 Å². The normalized spacial score (nSPS) is 18.6. The highest BCUT2D eigenvalue weighted by molar-refractivity contribution is 7.15. The van der Waals surface area contributed by atoms with Crippen molar-refractivity contribution in [1.82, 2.24) is 15.1 Å². The van der Waals surface area contributed by atoms with E-state index < -0.39 is 5.41 Å². The van der Waals surface area contributed by atoms with Crippen molar-refractivity contribution in [3.05, 3.63) is 86.7 Å². The number of nitrogens with zero attached hydrogens (tertiary/aromatic N) is 3. The van der Waals surface area contributed by atoms with Gasteiger partial charge in [-0.05, 0) is 55.2 Å². The van der Waals surface area contributed by atoms with E-state index in [1.807, 2.05) is 44.2 Å². The first-order chi connectivity index (χ1) is 17.3. The highest BCUT2D eigenvalue weighted by atomic mass is 35.5. The molecule has 5 rings (SSSR count). The van der Waals surface area contributed by atoms with Crippen LogP contribution in [0.4, 0.5) is 5.13 Å². The minimum absolute atomic E-state index is 0.0657. The molecule has 1 aliphatic carbocycles. The van der Waals surface area contributed by atoms with Crippen molar-refractivity contribution < 1.29 is 9.59 Å². The van der Waals surface area contributed by atoms with E-state index in [0.29, 0.717) is 28.7 Å². The van der Waals surface area contributed by atoms with Crippen molar-refractivity contribution in [2.75, 3.05) is 18.9 Å². The number of hydrogen-bond donors (Lipinski definition) is 1. The third-order valence-electron chi connectivity index (χ3n) is 6.85. The molecule has 0 radical (unpaired) electrons. The van der Waals surface area contributed by atoms with Gasteiger partial charge in [-0.2, -0.15) is 0 Å². The number of anilines is 1. The summed E-state index contributed by atoms with van der Waals surface area (Å²) in [6.45, 7) is 4.56. The Bertz CT molecular complexity index is 1420. The molecule has 0 spiro atoms. The molecule has 1 N–H and O–H groups in total. The number of thiophene rings is 1. The van der Waals surface area contributed by atoms with Crippen molar-refractivity contribution in [2.24, 2.45) is 5.41 Å². The minimum atomic E-state index is -0.675. The zero-order valence-electron chi connectivity index (χ0n) is 20.1. The number of halogens is 1. The Hall–Kier alpha value is -3.07. The highest BCUT2D eigenvalue weighted by Crippen LogP contribution is 2.55. The van der Waals surface area contributed by atoms with E-state index in [0.717, 1.165) is 21.6 Å². The second-order valence-electron chi connectivity index (χ2n) is 9.14. The van der Waals surface area contributed by atoms with E-state index in [4.69, 9.17) is 11.6 Å². The summed E-state index contributed by atoms with van der Waals surface area (Å²) in [5, 5.41) is 11.7. The Kier molecular flexibility index (Phi) is 6.68. The van der Waals surface area contributed by atoms with E-state index >= 15 is 0 Å². The van der Waals surface area contributed by atoms with Crippen LogP contribution in [0.2, 0.25) is 5.02 Å². The smallest absolute Gasteiger partial charge is 0.255 e. The minimum Gasteiger partial charge on any atom is -0.342 e. The van der Waals surface area contributed by atoms with Crippen molar-refractivity contribution in [3.63, 3.8) is 0 Å². The highest BCUT2D eigenvalue weighted by Gasteiger charge is 2.50. The Morgan fingerprint density at radius 1 is 1.19 bits per heavy atom. The SMILES string of the molecule is CCN(C)C(=O)c1ccc(-c2cc3c(s2)C[C@](C)(C(=O)Nc2nncs2)[C@@H]3c2ccccc2)cc1Cl. The summed E-state index contributed by atoms with van der Waals surface area (Å²) in [6.07, 6.45) is 0.614. The van der Waals surface area contributed by atoms with Crippen LogP contribution in [0.1, 0.15) is 46.1 Å². The molecule has 4 aromatic rings. The van der Waals surface area contributed by atoms with Crippen LogP contribution in [0.5, 0.6) is 0 Å². The zero-order chi connectivity index (χ0) is 25.4. The molecule has 2 aromatic heterocycles. The molecule has 2 aromatic carbocycles. The lowest BCUT2D eigenvalue weighted by molar-refractivity contribution is -0.125. The van der Waals surface area contributed by atoms with Gasteiger partial charge in [0.2, 0.25) is 11.0 Å². The summed E-state index contributed by atoms with van der Waals surface area (Å²) in [5.41, 5.74) is 4.63. The third-order valence-corrected chi connectivity index (χ3v) is 8.97. The van der Waals surface area contributed by atoms with Crippen LogP contribution in [0.25, 0.3) is 10.4 Å².